The van der Waals surface area contributed by atoms with Gasteiger partial charge in [-0.1, -0.05) is 6.42 Å². The van der Waals surface area contributed by atoms with Crippen LogP contribution in [-0.2, 0) is 6.42 Å². The average molecular weight is 227 g/mol. The zero-order valence-corrected chi connectivity index (χ0v) is 9.21. The van der Waals surface area contributed by atoms with E-state index in [1.54, 1.807) is 6.92 Å². The van der Waals surface area contributed by atoms with Crippen LogP contribution in [-0.4, -0.2) is 10.1 Å². The summed E-state index contributed by atoms with van der Waals surface area (Å²) in [6.45, 7) is 1.68. The van der Waals surface area contributed by atoms with E-state index in [-0.39, 0.29) is 5.56 Å². The number of aryl methyl sites for hydroxylation is 1. The van der Waals surface area contributed by atoms with Gasteiger partial charge in [-0.05, 0) is 37.8 Å². The normalized spacial score (nSPS) is 20.7. The third-order valence-corrected chi connectivity index (χ3v) is 3.02. The molecule has 16 heavy (non-hydrogen) atoms. The van der Waals surface area contributed by atoms with Crippen LogP contribution < -0.4 is 0 Å². The van der Waals surface area contributed by atoms with Crippen molar-refractivity contribution in [3.63, 3.8) is 0 Å². The zero-order chi connectivity index (χ0) is 11.7. The smallest absolute Gasteiger partial charge is 0.264 e. The molecule has 2 rings (SSSR count). The van der Waals surface area contributed by atoms with Gasteiger partial charge in [0.05, 0.1) is 11.8 Å². The second-order valence-corrected chi connectivity index (χ2v) is 4.28. The number of rotatable bonds is 1. The molecule has 0 fully saturated rings. The van der Waals surface area contributed by atoms with E-state index in [4.69, 9.17) is 0 Å². The van der Waals surface area contributed by atoms with Crippen molar-refractivity contribution in [3.05, 3.63) is 28.6 Å². The molecule has 0 aliphatic heterocycles. The van der Waals surface area contributed by atoms with Crippen molar-refractivity contribution in [1.29, 1.82) is 0 Å². The second-order valence-electron chi connectivity index (χ2n) is 4.28. The number of aliphatic hydroxyl groups excluding tert-OH is 1. The van der Waals surface area contributed by atoms with E-state index in [0.717, 1.165) is 12.8 Å². The number of halogens is 2. The largest absolute Gasteiger partial charge is 0.387 e. The van der Waals surface area contributed by atoms with Crippen LogP contribution in [0.25, 0.3) is 0 Å². The van der Waals surface area contributed by atoms with Gasteiger partial charge in [0.15, 0.2) is 0 Å². The lowest BCUT2D eigenvalue weighted by molar-refractivity contribution is 0.147. The fourth-order valence-electron chi connectivity index (χ4n) is 2.27. The Morgan fingerprint density at radius 3 is 2.88 bits per heavy atom. The van der Waals surface area contributed by atoms with Gasteiger partial charge in [0.2, 0.25) is 0 Å². The SMILES string of the molecule is Cc1cc(C(F)F)c2c(n1)C(O)CCCC2. The number of hydrogen-bond acceptors (Lipinski definition) is 2. The lowest BCUT2D eigenvalue weighted by Gasteiger charge is -2.15. The van der Waals surface area contributed by atoms with Crippen LogP contribution in [0.5, 0.6) is 0 Å². The molecule has 1 aromatic heterocycles. The quantitative estimate of drug-likeness (QED) is 0.748. The van der Waals surface area contributed by atoms with Crippen molar-refractivity contribution >= 4 is 0 Å². The highest BCUT2D eigenvalue weighted by Gasteiger charge is 2.24. The van der Waals surface area contributed by atoms with Gasteiger partial charge in [-0.15, -0.1) is 0 Å². The number of hydrogen-bond donors (Lipinski definition) is 1. The average Bonchev–Trinajstić information content (AvgIpc) is 2.40. The van der Waals surface area contributed by atoms with Crippen LogP contribution in [0.1, 0.15) is 54.3 Å². The van der Waals surface area contributed by atoms with Gasteiger partial charge >= 0.3 is 0 Å². The summed E-state index contributed by atoms with van der Waals surface area (Å²) in [5.74, 6) is 0. The van der Waals surface area contributed by atoms with Gasteiger partial charge in [-0.25, -0.2) is 8.78 Å². The van der Waals surface area contributed by atoms with Crippen LogP contribution in [0.4, 0.5) is 8.78 Å². The summed E-state index contributed by atoms with van der Waals surface area (Å²) in [5.41, 5.74) is 1.62. The number of nitrogens with zero attached hydrogens (tertiary/aromatic N) is 1. The Labute approximate surface area is 93.3 Å². The Bertz CT molecular complexity index is 393. The molecule has 0 aromatic carbocycles. The van der Waals surface area contributed by atoms with Crippen LogP contribution in [0, 0.1) is 6.92 Å². The Kier molecular flexibility index (Phi) is 3.19. The summed E-state index contributed by atoms with van der Waals surface area (Å²) >= 11 is 0. The Morgan fingerprint density at radius 1 is 1.44 bits per heavy atom. The van der Waals surface area contributed by atoms with Gasteiger partial charge in [0.1, 0.15) is 0 Å². The fraction of sp³-hybridized carbons (Fsp3) is 0.583. The summed E-state index contributed by atoms with van der Waals surface area (Å²) in [6, 6.07) is 1.43. The Hall–Kier alpha value is -1.03. The second kappa shape index (κ2) is 4.45. The Morgan fingerprint density at radius 2 is 2.19 bits per heavy atom. The summed E-state index contributed by atoms with van der Waals surface area (Å²) in [7, 11) is 0. The van der Waals surface area contributed by atoms with E-state index in [2.05, 4.69) is 4.98 Å². The highest BCUT2D eigenvalue weighted by Crippen LogP contribution is 2.33. The van der Waals surface area contributed by atoms with E-state index >= 15 is 0 Å². The minimum atomic E-state index is -2.49. The molecule has 1 N–H and O–H groups in total. The van der Waals surface area contributed by atoms with Crippen molar-refractivity contribution in [2.75, 3.05) is 0 Å². The lowest BCUT2D eigenvalue weighted by Crippen LogP contribution is -2.07. The number of fused-ring (bicyclic) bond motifs is 1. The predicted octanol–water partition coefficient (Wildman–Crippen LogP) is 3.09. The topological polar surface area (TPSA) is 33.1 Å². The van der Waals surface area contributed by atoms with E-state index < -0.39 is 12.5 Å². The van der Waals surface area contributed by atoms with Crippen molar-refractivity contribution in [2.24, 2.45) is 0 Å². The first-order chi connectivity index (χ1) is 7.59. The van der Waals surface area contributed by atoms with Crippen LogP contribution in [0.15, 0.2) is 6.07 Å². The maximum Gasteiger partial charge on any atom is 0.264 e. The molecule has 0 radical (unpaired) electrons. The highest BCUT2D eigenvalue weighted by atomic mass is 19.3. The van der Waals surface area contributed by atoms with E-state index in [9.17, 15) is 13.9 Å². The molecule has 0 amide bonds. The van der Waals surface area contributed by atoms with E-state index in [1.165, 1.54) is 6.07 Å². The molecule has 1 aromatic rings. The van der Waals surface area contributed by atoms with Crippen LogP contribution in [0.3, 0.4) is 0 Å². The zero-order valence-electron chi connectivity index (χ0n) is 9.21. The lowest BCUT2D eigenvalue weighted by atomic mass is 10.0. The van der Waals surface area contributed by atoms with Gasteiger partial charge in [0, 0.05) is 11.3 Å². The van der Waals surface area contributed by atoms with E-state index in [0.29, 0.717) is 29.8 Å². The minimum absolute atomic E-state index is 0.0449. The highest BCUT2D eigenvalue weighted by molar-refractivity contribution is 5.35. The maximum absolute atomic E-state index is 12.9. The van der Waals surface area contributed by atoms with Crippen molar-refractivity contribution in [1.82, 2.24) is 4.98 Å². The van der Waals surface area contributed by atoms with Gasteiger partial charge in [-0.2, -0.15) is 0 Å². The standard InChI is InChI=1S/C12H15F2NO/c1-7-6-9(12(13)14)8-4-2-3-5-10(16)11(8)15-7/h6,10,12,16H,2-5H2,1H3. The first kappa shape index (κ1) is 11.5. The Balaban J connectivity index is 2.56. The van der Waals surface area contributed by atoms with Gasteiger partial charge in [-0.3, -0.25) is 4.98 Å². The fourth-order valence-corrected chi connectivity index (χ4v) is 2.27. The van der Waals surface area contributed by atoms with Crippen molar-refractivity contribution in [2.45, 2.75) is 45.1 Å². The third kappa shape index (κ3) is 2.07. The first-order valence-corrected chi connectivity index (χ1v) is 5.56. The van der Waals surface area contributed by atoms with Gasteiger partial charge < -0.3 is 5.11 Å². The number of pyridine rings is 1. The molecule has 0 bridgehead atoms. The molecule has 1 atom stereocenters. The molecule has 1 heterocycles. The third-order valence-electron chi connectivity index (χ3n) is 3.02. The summed E-state index contributed by atoms with van der Waals surface area (Å²) in [4.78, 5) is 4.21. The van der Waals surface area contributed by atoms with Crippen LogP contribution >= 0.6 is 0 Å². The van der Waals surface area contributed by atoms with Crippen molar-refractivity contribution < 1.29 is 13.9 Å². The molecule has 1 unspecified atom stereocenters. The summed E-state index contributed by atoms with van der Waals surface area (Å²) in [6.07, 6.45) is -0.255. The molecule has 0 saturated heterocycles. The minimum Gasteiger partial charge on any atom is -0.387 e. The van der Waals surface area contributed by atoms with Crippen molar-refractivity contribution in [3.8, 4) is 0 Å². The molecule has 1 aliphatic rings. The molecule has 2 nitrogen and oxygen atoms in total. The molecule has 4 heteroatoms. The summed E-state index contributed by atoms with van der Waals surface area (Å²) < 4.78 is 25.8. The number of alkyl halides is 2. The molecular weight excluding hydrogens is 212 g/mol. The first-order valence-electron chi connectivity index (χ1n) is 5.56. The molecule has 0 spiro atoms. The number of aromatic nitrogens is 1. The van der Waals surface area contributed by atoms with Crippen LogP contribution in [0.2, 0.25) is 0 Å². The van der Waals surface area contributed by atoms with E-state index in [1.807, 2.05) is 0 Å². The molecular formula is C12H15F2NO. The molecule has 88 valence electrons. The molecule has 1 aliphatic carbocycles. The monoisotopic (exact) mass is 227 g/mol. The molecule has 0 saturated carbocycles. The number of aliphatic hydroxyl groups is 1. The maximum atomic E-state index is 12.9. The summed E-state index contributed by atoms with van der Waals surface area (Å²) in [5, 5.41) is 9.86. The predicted molar refractivity (Wildman–Crippen MR) is 56.4 cm³/mol. The van der Waals surface area contributed by atoms with Gasteiger partial charge in [0.25, 0.3) is 6.43 Å².